The molecule has 0 spiro atoms. The molecule has 1 aromatic heterocycles. The second-order valence-electron chi connectivity index (χ2n) is 6.31. The van der Waals surface area contributed by atoms with Crippen molar-refractivity contribution in [3.8, 4) is 22.9 Å². The predicted octanol–water partition coefficient (Wildman–Crippen LogP) is 4.71. The number of thioether (sulfide) groups is 1. The molecule has 0 radical (unpaired) electrons. The van der Waals surface area contributed by atoms with Crippen molar-refractivity contribution >= 4 is 34.3 Å². The van der Waals surface area contributed by atoms with E-state index in [1.807, 2.05) is 30.3 Å². The first-order valence-corrected chi connectivity index (χ1v) is 10.6. The lowest BCUT2D eigenvalue weighted by atomic mass is 10.1. The summed E-state index contributed by atoms with van der Waals surface area (Å²) in [4.78, 5) is 24.9. The minimum atomic E-state index is -0.717. The Bertz CT molecular complexity index is 1160. The summed E-state index contributed by atoms with van der Waals surface area (Å²) in [6, 6.07) is 12.7. The molecule has 0 fully saturated rings. The average Bonchev–Trinajstić information content (AvgIpc) is 3.27. The van der Waals surface area contributed by atoms with Gasteiger partial charge in [-0.15, -0.1) is 11.8 Å². The third kappa shape index (κ3) is 5.33. The minimum absolute atomic E-state index is 0.391. The lowest BCUT2D eigenvalue weighted by Crippen LogP contribution is -2.14. The number of aliphatic imine (C=N–C) groups is 2. The fourth-order valence-corrected chi connectivity index (χ4v) is 3.30. The Morgan fingerprint density at radius 1 is 1.03 bits per heavy atom. The maximum Gasteiger partial charge on any atom is 0.434 e. The Labute approximate surface area is 189 Å². The molecule has 0 aliphatic heterocycles. The predicted molar refractivity (Wildman–Crippen MR) is 124 cm³/mol. The van der Waals surface area contributed by atoms with Crippen LogP contribution in [0, 0.1) is 6.92 Å². The molecule has 10 heteroatoms. The number of hydrogen-bond acceptors (Lipinski definition) is 9. The van der Waals surface area contributed by atoms with Gasteiger partial charge in [0, 0.05) is 18.1 Å². The number of benzene rings is 2. The number of carbonyl (C=O) groups excluding carboxylic acids is 1. The van der Waals surface area contributed by atoms with Gasteiger partial charge in [0.1, 0.15) is 10.8 Å². The number of aromatic nitrogens is 2. The van der Waals surface area contributed by atoms with Crippen molar-refractivity contribution in [2.24, 2.45) is 9.98 Å². The van der Waals surface area contributed by atoms with E-state index >= 15 is 0 Å². The van der Waals surface area contributed by atoms with Crippen molar-refractivity contribution in [3.05, 3.63) is 53.9 Å². The first-order valence-electron chi connectivity index (χ1n) is 9.41. The minimum Gasteiger partial charge on any atom is -0.493 e. The van der Waals surface area contributed by atoms with Crippen LogP contribution in [0.3, 0.4) is 0 Å². The Morgan fingerprint density at radius 2 is 1.75 bits per heavy atom. The van der Waals surface area contributed by atoms with E-state index in [4.69, 9.17) is 23.7 Å². The van der Waals surface area contributed by atoms with Gasteiger partial charge in [-0.3, -0.25) is 0 Å². The second kappa shape index (κ2) is 10.6. The molecule has 3 rings (SSSR count). The zero-order chi connectivity index (χ0) is 23.1. The van der Waals surface area contributed by atoms with Gasteiger partial charge in [0.25, 0.3) is 0 Å². The molecule has 0 N–H and O–H groups in total. The molecule has 0 aliphatic carbocycles. The van der Waals surface area contributed by atoms with Gasteiger partial charge in [-0.1, -0.05) is 5.16 Å². The molecule has 0 atom stereocenters. The van der Waals surface area contributed by atoms with Gasteiger partial charge in [-0.2, -0.15) is 9.98 Å². The molecule has 0 saturated heterocycles. The molecule has 0 saturated carbocycles. The molecule has 9 nitrogen and oxygen atoms in total. The second-order valence-corrected chi connectivity index (χ2v) is 7.10. The lowest BCUT2D eigenvalue weighted by Gasteiger charge is -2.12. The van der Waals surface area contributed by atoms with Crippen LogP contribution in [-0.2, 0) is 4.74 Å². The third-order valence-corrected chi connectivity index (χ3v) is 4.99. The first kappa shape index (κ1) is 23.0. The highest BCUT2D eigenvalue weighted by Gasteiger charge is 2.17. The maximum absolute atomic E-state index is 11.9. The highest BCUT2D eigenvalue weighted by molar-refractivity contribution is 8.15. The summed E-state index contributed by atoms with van der Waals surface area (Å²) in [5.74, 6) is 2.08. The van der Waals surface area contributed by atoms with Gasteiger partial charge in [0.15, 0.2) is 11.5 Å². The highest BCUT2D eigenvalue weighted by Crippen LogP contribution is 2.30. The summed E-state index contributed by atoms with van der Waals surface area (Å²) in [7, 11) is 4.38. The molecular formula is C22H22N4O5S. The van der Waals surface area contributed by atoms with Crippen molar-refractivity contribution in [2.75, 3.05) is 27.6 Å². The molecule has 2 aromatic carbocycles. The number of rotatable bonds is 6. The van der Waals surface area contributed by atoms with Crippen LogP contribution in [0.2, 0.25) is 0 Å². The number of carbonyl (C=O) groups is 1. The summed E-state index contributed by atoms with van der Waals surface area (Å²) in [6.45, 7) is 1.73. The van der Waals surface area contributed by atoms with Gasteiger partial charge in [-0.05, 0) is 48.7 Å². The Kier molecular flexibility index (Phi) is 7.61. The van der Waals surface area contributed by atoms with E-state index in [-0.39, 0.29) is 0 Å². The van der Waals surface area contributed by atoms with Crippen LogP contribution in [0.1, 0.15) is 11.5 Å². The number of ether oxygens (including phenoxy) is 3. The summed E-state index contributed by atoms with van der Waals surface area (Å²) in [5, 5.41) is 4.31. The third-order valence-electron chi connectivity index (χ3n) is 4.31. The fraction of sp³-hybridized carbons (Fsp3) is 0.227. The molecule has 1 amide bonds. The zero-order valence-electron chi connectivity index (χ0n) is 18.3. The summed E-state index contributed by atoms with van der Waals surface area (Å²) in [6.07, 6.45) is 1.09. The van der Waals surface area contributed by atoms with E-state index in [0.29, 0.717) is 45.2 Å². The number of amides is 1. The van der Waals surface area contributed by atoms with Crippen molar-refractivity contribution in [1.29, 1.82) is 0 Å². The molecule has 1 heterocycles. The standard InChI is InChI=1S/C22H22N4O5S/c1-13-23-20(26-31-13)14-6-9-16(10-7-14)24-19(21(32-5)25-22(27)30-4)15-8-11-17(28-2)18(12-15)29-3/h6-12H,1-5H3/b24-19-,25-21-. The largest absolute Gasteiger partial charge is 0.493 e. The van der Waals surface area contributed by atoms with E-state index in [2.05, 4.69) is 15.1 Å². The molecule has 0 bridgehead atoms. The molecular weight excluding hydrogens is 432 g/mol. The number of hydrogen-bond donors (Lipinski definition) is 0. The van der Waals surface area contributed by atoms with Gasteiger partial charge in [0.2, 0.25) is 11.7 Å². The van der Waals surface area contributed by atoms with Crippen LogP contribution in [0.25, 0.3) is 11.4 Å². The number of nitrogens with zero attached hydrogens (tertiary/aromatic N) is 4. The van der Waals surface area contributed by atoms with Crippen LogP contribution < -0.4 is 9.47 Å². The van der Waals surface area contributed by atoms with E-state index in [1.54, 1.807) is 39.5 Å². The van der Waals surface area contributed by atoms with Gasteiger partial charge < -0.3 is 18.7 Å². The molecule has 0 aliphatic rings. The van der Waals surface area contributed by atoms with Gasteiger partial charge in [-0.25, -0.2) is 9.79 Å². The van der Waals surface area contributed by atoms with E-state index < -0.39 is 6.09 Å². The Balaban J connectivity index is 2.08. The van der Waals surface area contributed by atoms with Gasteiger partial charge in [0.05, 0.1) is 27.0 Å². The molecule has 3 aromatic rings. The van der Waals surface area contributed by atoms with Crippen LogP contribution in [0.4, 0.5) is 10.5 Å². The van der Waals surface area contributed by atoms with E-state index in [1.165, 1.54) is 18.9 Å². The molecule has 32 heavy (non-hydrogen) atoms. The SMILES string of the molecule is COC(=O)/N=C(SC)/C(=N\c1ccc(-c2noc(C)n2)cc1)c1ccc(OC)c(OC)c1. The highest BCUT2D eigenvalue weighted by atomic mass is 32.2. The topological polar surface area (TPSA) is 108 Å². The summed E-state index contributed by atoms with van der Waals surface area (Å²) in [5.41, 5.74) is 2.61. The quantitative estimate of drug-likeness (QED) is 0.389. The number of methoxy groups -OCH3 is 3. The normalized spacial score (nSPS) is 11.9. The number of aryl methyl sites for hydroxylation is 1. The molecule has 0 unspecified atom stereocenters. The zero-order valence-corrected chi connectivity index (χ0v) is 19.1. The van der Waals surface area contributed by atoms with E-state index in [9.17, 15) is 4.79 Å². The summed E-state index contributed by atoms with van der Waals surface area (Å²) < 4.78 is 20.5. The van der Waals surface area contributed by atoms with Crippen molar-refractivity contribution < 1.29 is 23.5 Å². The average molecular weight is 455 g/mol. The van der Waals surface area contributed by atoms with Crippen molar-refractivity contribution in [3.63, 3.8) is 0 Å². The monoisotopic (exact) mass is 454 g/mol. The smallest absolute Gasteiger partial charge is 0.434 e. The maximum atomic E-state index is 11.9. The van der Waals surface area contributed by atoms with Crippen molar-refractivity contribution in [2.45, 2.75) is 6.92 Å². The fourth-order valence-electron chi connectivity index (χ4n) is 2.77. The van der Waals surface area contributed by atoms with Crippen LogP contribution >= 0.6 is 11.8 Å². The first-order chi connectivity index (χ1) is 15.5. The Morgan fingerprint density at radius 3 is 2.31 bits per heavy atom. The summed E-state index contributed by atoms with van der Waals surface area (Å²) >= 11 is 1.28. The van der Waals surface area contributed by atoms with Gasteiger partial charge >= 0.3 is 6.09 Å². The van der Waals surface area contributed by atoms with Crippen LogP contribution in [0.5, 0.6) is 11.5 Å². The van der Waals surface area contributed by atoms with Crippen molar-refractivity contribution in [1.82, 2.24) is 10.1 Å². The Hall–Kier alpha value is -3.66. The van der Waals surface area contributed by atoms with Crippen LogP contribution in [-0.4, -0.2) is 54.6 Å². The molecule has 166 valence electrons. The lowest BCUT2D eigenvalue weighted by molar-refractivity contribution is 0.183. The van der Waals surface area contributed by atoms with E-state index in [0.717, 1.165) is 5.56 Å². The van der Waals surface area contributed by atoms with Crippen LogP contribution in [0.15, 0.2) is 57.0 Å².